The van der Waals surface area contributed by atoms with Gasteiger partial charge in [-0.3, -0.25) is 4.79 Å². The van der Waals surface area contributed by atoms with Crippen LogP contribution in [0.1, 0.15) is 46.8 Å². The van der Waals surface area contributed by atoms with Crippen molar-refractivity contribution in [2.75, 3.05) is 0 Å². The van der Waals surface area contributed by atoms with E-state index in [2.05, 4.69) is 66.9 Å². The third kappa shape index (κ3) is 3.29. The molecule has 1 heterocycles. The molecular weight excluding hydrogens is 344 g/mol. The molecule has 2 N–H and O–H groups in total. The van der Waals surface area contributed by atoms with Gasteiger partial charge in [0, 0.05) is 22.9 Å². The van der Waals surface area contributed by atoms with Gasteiger partial charge in [0.2, 0.25) is 5.91 Å². The topological polar surface area (TPSA) is 48.0 Å². The molecule has 4 aromatic rings. The zero-order chi connectivity index (χ0) is 19.7. The van der Waals surface area contributed by atoms with E-state index in [4.69, 9.17) is 5.73 Å². The second-order valence-corrected chi connectivity index (χ2v) is 7.51. The zero-order valence-electron chi connectivity index (χ0n) is 16.5. The summed E-state index contributed by atoms with van der Waals surface area (Å²) in [6.07, 6.45) is 3.36. The Kier molecular flexibility index (Phi) is 4.91. The summed E-state index contributed by atoms with van der Waals surface area (Å²) in [4.78, 5) is 12.1. The quantitative estimate of drug-likeness (QED) is 0.486. The predicted octanol–water partition coefficient (Wildman–Crippen LogP) is 5.39. The Hall–Kier alpha value is -3.07. The molecule has 0 unspecified atom stereocenters. The summed E-state index contributed by atoms with van der Waals surface area (Å²) >= 11 is 0. The van der Waals surface area contributed by atoms with Crippen molar-refractivity contribution in [3.63, 3.8) is 0 Å². The molecule has 0 aliphatic carbocycles. The van der Waals surface area contributed by atoms with E-state index in [1.54, 1.807) is 6.07 Å². The first kappa shape index (κ1) is 18.3. The number of aromatic nitrogens is 1. The highest BCUT2D eigenvalue weighted by Gasteiger charge is 2.17. The number of hydrogen-bond donors (Lipinski definition) is 1. The predicted molar refractivity (Wildman–Crippen MR) is 116 cm³/mol. The second kappa shape index (κ2) is 7.51. The third-order valence-corrected chi connectivity index (χ3v) is 5.40. The van der Waals surface area contributed by atoms with Gasteiger partial charge in [0.1, 0.15) is 0 Å². The second-order valence-electron chi connectivity index (χ2n) is 7.51. The number of nitrogens with two attached hydrogens (primary N) is 1. The van der Waals surface area contributed by atoms with Crippen LogP contribution >= 0.6 is 0 Å². The van der Waals surface area contributed by atoms with E-state index in [0.717, 1.165) is 47.6 Å². The Morgan fingerprint density at radius 2 is 1.86 bits per heavy atom. The summed E-state index contributed by atoms with van der Waals surface area (Å²) in [6.45, 7) is 5.04. The number of rotatable bonds is 6. The minimum Gasteiger partial charge on any atom is -0.366 e. The molecule has 4 rings (SSSR count). The number of primary amides is 1. The first-order valence-electron chi connectivity index (χ1n) is 9.89. The van der Waals surface area contributed by atoms with Crippen molar-refractivity contribution in [1.82, 2.24) is 4.57 Å². The van der Waals surface area contributed by atoms with Crippen LogP contribution in [0.5, 0.6) is 0 Å². The molecule has 0 aliphatic rings. The molecule has 0 aliphatic heterocycles. The number of unbranched alkanes of at least 4 members (excludes halogenated alkanes) is 1. The number of hydrogen-bond acceptors (Lipinski definition) is 1. The van der Waals surface area contributed by atoms with Gasteiger partial charge in [-0.05, 0) is 55.2 Å². The van der Waals surface area contributed by atoms with Crippen LogP contribution in [0.4, 0.5) is 0 Å². The average molecular weight is 369 g/mol. The Balaban J connectivity index is 1.96. The molecule has 0 saturated heterocycles. The fourth-order valence-electron chi connectivity index (χ4n) is 3.88. The molecule has 141 valence electrons. The molecule has 0 atom stereocenters. The van der Waals surface area contributed by atoms with Gasteiger partial charge in [-0.15, -0.1) is 0 Å². The Labute approximate surface area is 165 Å². The van der Waals surface area contributed by atoms with Crippen LogP contribution in [0, 0.1) is 13.0 Å². The van der Waals surface area contributed by atoms with E-state index >= 15 is 0 Å². The maximum absolute atomic E-state index is 12.1. The smallest absolute Gasteiger partial charge is 0.249 e. The molecule has 0 fully saturated rings. The van der Waals surface area contributed by atoms with Gasteiger partial charge >= 0.3 is 0 Å². The van der Waals surface area contributed by atoms with E-state index in [1.165, 1.54) is 16.7 Å². The van der Waals surface area contributed by atoms with E-state index in [-0.39, 0.29) is 0 Å². The highest BCUT2D eigenvalue weighted by molar-refractivity contribution is 6.17. The Morgan fingerprint density at radius 1 is 1.07 bits per heavy atom. The molecule has 1 radical (unpaired) electrons. The monoisotopic (exact) mass is 369 g/mol. The van der Waals surface area contributed by atoms with E-state index in [0.29, 0.717) is 5.56 Å². The summed E-state index contributed by atoms with van der Waals surface area (Å²) < 4.78 is 2.29. The Bertz CT molecular complexity index is 1150. The van der Waals surface area contributed by atoms with Crippen LogP contribution in [0.25, 0.3) is 21.8 Å². The summed E-state index contributed by atoms with van der Waals surface area (Å²) in [5.74, 6) is -0.400. The van der Waals surface area contributed by atoms with Crippen LogP contribution in [-0.4, -0.2) is 10.5 Å². The fraction of sp³-hybridized carbons (Fsp3) is 0.240. The number of nitrogens with zero attached hydrogens (tertiary/aromatic N) is 1. The molecule has 28 heavy (non-hydrogen) atoms. The first-order chi connectivity index (χ1) is 13.6. The lowest BCUT2D eigenvalue weighted by atomic mass is 10.0. The van der Waals surface area contributed by atoms with Gasteiger partial charge < -0.3 is 10.3 Å². The van der Waals surface area contributed by atoms with Crippen molar-refractivity contribution in [2.24, 2.45) is 5.73 Å². The number of carbonyl (C=O) groups excluding carboxylic acids is 1. The maximum Gasteiger partial charge on any atom is 0.249 e. The summed E-state index contributed by atoms with van der Waals surface area (Å²) in [6, 6.07) is 22.1. The van der Waals surface area contributed by atoms with Gasteiger partial charge in [0.15, 0.2) is 0 Å². The maximum atomic E-state index is 12.1. The molecule has 3 heteroatoms. The highest BCUT2D eigenvalue weighted by Crippen LogP contribution is 2.33. The number of carbonyl (C=O) groups is 1. The van der Waals surface area contributed by atoms with Crippen molar-refractivity contribution in [2.45, 2.75) is 39.7 Å². The lowest BCUT2D eigenvalue weighted by molar-refractivity contribution is 0.100. The zero-order valence-corrected chi connectivity index (χ0v) is 16.5. The van der Waals surface area contributed by atoms with E-state index < -0.39 is 5.91 Å². The van der Waals surface area contributed by atoms with Crippen molar-refractivity contribution in [1.29, 1.82) is 0 Å². The number of amides is 1. The van der Waals surface area contributed by atoms with Gasteiger partial charge in [-0.1, -0.05) is 55.3 Å². The van der Waals surface area contributed by atoms with Gasteiger partial charge in [0.25, 0.3) is 0 Å². The summed E-state index contributed by atoms with van der Waals surface area (Å²) in [5.41, 5.74) is 12.1. The van der Waals surface area contributed by atoms with E-state index in [1.807, 2.05) is 6.07 Å². The normalized spacial score (nSPS) is 11.4. The standard InChI is InChI=1S/C25H25N2O/c1-3-4-6-18-13-14-20-23(15-18)27(16-19-11-9-17(2)10-12-19)22-8-5-7-21(24(20)22)25(26)28/h5,7-13,15H,3-4,6,16H2,1-2H3,(H2,26,28). The van der Waals surface area contributed by atoms with Crippen LogP contribution in [0.2, 0.25) is 0 Å². The fourth-order valence-corrected chi connectivity index (χ4v) is 3.88. The number of aryl methyl sites for hydroxylation is 2. The molecule has 1 aromatic heterocycles. The summed E-state index contributed by atoms with van der Waals surface area (Å²) in [7, 11) is 0. The minimum atomic E-state index is -0.400. The van der Waals surface area contributed by atoms with Crippen LogP contribution in [-0.2, 0) is 13.0 Å². The van der Waals surface area contributed by atoms with Crippen molar-refractivity contribution < 1.29 is 4.79 Å². The molecule has 3 aromatic carbocycles. The van der Waals surface area contributed by atoms with Gasteiger partial charge in [-0.25, -0.2) is 0 Å². The molecular formula is C25H25N2O. The summed E-state index contributed by atoms with van der Waals surface area (Å²) in [5, 5.41) is 1.87. The van der Waals surface area contributed by atoms with E-state index in [9.17, 15) is 4.79 Å². The molecule has 1 amide bonds. The largest absolute Gasteiger partial charge is 0.366 e. The first-order valence-corrected chi connectivity index (χ1v) is 9.89. The van der Waals surface area contributed by atoms with Crippen molar-refractivity contribution in [3.05, 3.63) is 82.9 Å². The molecule has 0 bridgehead atoms. The van der Waals surface area contributed by atoms with Crippen molar-refractivity contribution >= 4 is 27.7 Å². The molecule has 0 spiro atoms. The van der Waals surface area contributed by atoms with Crippen molar-refractivity contribution in [3.8, 4) is 0 Å². The van der Waals surface area contributed by atoms with Crippen LogP contribution in [0.3, 0.4) is 0 Å². The lowest BCUT2D eigenvalue weighted by Gasteiger charge is -2.09. The van der Waals surface area contributed by atoms with Gasteiger partial charge in [-0.2, -0.15) is 0 Å². The SMILES string of the molecule is CCCCc1c[c]c2c3c(C(N)=O)cccc3n(Cc3ccc(C)cc3)c2c1. The van der Waals surface area contributed by atoms with Crippen LogP contribution in [0.15, 0.2) is 54.6 Å². The highest BCUT2D eigenvalue weighted by atomic mass is 16.1. The lowest BCUT2D eigenvalue weighted by Crippen LogP contribution is -2.11. The molecule has 3 nitrogen and oxygen atoms in total. The number of benzene rings is 3. The third-order valence-electron chi connectivity index (χ3n) is 5.40. The molecule has 0 saturated carbocycles. The Morgan fingerprint density at radius 3 is 2.57 bits per heavy atom. The van der Waals surface area contributed by atoms with Crippen LogP contribution < -0.4 is 5.73 Å². The number of fused-ring (bicyclic) bond motifs is 3. The minimum absolute atomic E-state index is 0.400. The average Bonchev–Trinajstić information content (AvgIpc) is 3.01. The van der Waals surface area contributed by atoms with Gasteiger partial charge in [0.05, 0.1) is 11.0 Å².